The van der Waals surface area contributed by atoms with Crippen molar-refractivity contribution in [2.75, 3.05) is 11.6 Å². The molecule has 0 bridgehead atoms. The van der Waals surface area contributed by atoms with E-state index in [0.29, 0.717) is 0 Å². The van der Waals surface area contributed by atoms with Crippen LogP contribution in [0.5, 0.6) is 0 Å². The molecule has 0 saturated heterocycles. The number of rotatable bonds is 3. The first-order chi connectivity index (χ1) is 3.95. The maximum absolute atomic E-state index is 9.83. The van der Waals surface area contributed by atoms with Crippen LogP contribution in [0, 0.1) is 0 Å². The Kier molecular flexibility index (Phi) is 7.23. The first-order valence-electron chi connectivity index (χ1n) is 2.13. The van der Waals surface area contributed by atoms with Gasteiger partial charge in [-0.15, -0.1) is 11.6 Å². The van der Waals surface area contributed by atoms with Gasteiger partial charge in [0.15, 0.2) is 0 Å². The minimum Gasteiger partial charge on any atom is -0.748 e. The number of alkyl halides is 1. The molecule has 0 amide bonds. The fraction of sp³-hybridized carbons (Fsp3) is 1.00. The number of hydrogen-bond acceptors (Lipinski definition) is 4. The van der Waals surface area contributed by atoms with Crippen LogP contribution in [0.1, 0.15) is 0 Å². The molecule has 0 heterocycles. The van der Waals surface area contributed by atoms with Crippen LogP contribution in [-0.4, -0.2) is 35.8 Å². The standard InChI is InChI=1S/C3H7ClO4S.Li/c4-1-3(5)2-9(6,7)8;/h3,5H,1-2H2,(H,6,7,8);/q;+1/p-1. The number of aliphatic hydroxyl groups excluding tert-OH is 1. The average molecular weight is 181 g/mol. The zero-order chi connectivity index (χ0) is 7.49. The van der Waals surface area contributed by atoms with Crippen molar-refractivity contribution < 1.29 is 36.9 Å². The van der Waals surface area contributed by atoms with Crippen molar-refractivity contribution in [2.45, 2.75) is 6.10 Å². The number of halogens is 1. The molecule has 0 radical (unpaired) electrons. The van der Waals surface area contributed by atoms with Crippen molar-refractivity contribution >= 4 is 21.7 Å². The molecule has 0 aliphatic carbocycles. The average Bonchev–Trinajstić information content (AvgIpc) is 1.62. The Morgan fingerprint density at radius 3 is 2.10 bits per heavy atom. The molecule has 0 fully saturated rings. The Bertz CT molecular complexity index is 167. The SMILES string of the molecule is O=S(=O)([O-])CC(O)CCl.[Li+]. The van der Waals surface area contributed by atoms with Crippen LogP contribution in [0.15, 0.2) is 0 Å². The van der Waals surface area contributed by atoms with Crippen LogP contribution < -0.4 is 18.9 Å². The maximum atomic E-state index is 9.83. The van der Waals surface area contributed by atoms with E-state index in [2.05, 4.69) is 0 Å². The van der Waals surface area contributed by atoms with E-state index < -0.39 is 22.0 Å². The topological polar surface area (TPSA) is 77.4 Å². The van der Waals surface area contributed by atoms with Gasteiger partial charge in [0.25, 0.3) is 0 Å². The third kappa shape index (κ3) is 8.76. The predicted octanol–water partition coefficient (Wildman–Crippen LogP) is -3.86. The molecule has 0 aromatic heterocycles. The summed E-state index contributed by atoms with van der Waals surface area (Å²) in [7, 11) is -4.32. The molecule has 1 unspecified atom stereocenters. The van der Waals surface area contributed by atoms with Crippen molar-refractivity contribution in [2.24, 2.45) is 0 Å². The summed E-state index contributed by atoms with van der Waals surface area (Å²) >= 11 is 5.00. The molecule has 0 spiro atoms. The summed E-state index contributed by atoms with van der Waals surface area (Å²) in [5, 5.41) is 8.48. The molecule has 0 aliphatic rings. The van der Waals surface area contributed by atoms with E-state index in [4.69, 9.17) is 16.7 Å². The van der Waals surface area contributed by atoms with E-state index in [1.165, 1.54) is 0 Å². The zero-order valence-electron chi connectivity index (χ0n) is 5.45. The third-order valence-electron chi connectivity index (χ3n) is 0.575. The first kappa shape index (κ1) is 13.4. The molecule has 0 aromatic carbocycles. The van der Waals surface area contributed by atoms with Gasteiger partial charge in [-0.1, -0.05) is 0 Å². The van der Waals surface area contributed by atoms with Crippen molar-refractivity contribution in [1.82, 2.24) is 0 Å². The van der Waals surface area contributed by atoms with E-state index >= 15 is 0 Å². The van der Waals surface area contributed by atoms with Gasteiger partial charge in [-0.25, -0.2) is 8.42 Å². The monoisotopic (exact) mass is 180 g/mol. The molecule has 1 N–H and O–H groups in total. The van der Waals surface area contributed by atoms with Crippen LogP contribution in [0.4, 0.5) is 0 Å². The van der Waals surface area contributed by atoms with Crippen LogP contribution >= 0.6 is 11.6 Å². The maximum Gasteiger partial charge on any atom is 1.00 e. The fourth-order valence-corrected chi connectivity index (χ4v) is 1.11. The normalized spacial score (nSPS) is 13.9. The van der Waals surface area contributed by atoms with Crippen molar-refractivity contribution in [3.63, 3.8) is 0 Å². The number of aliphatic hydroxyl groups is 1. The molecule has 56 valence electrons. The summed E-state index contributed by atoms with van der Waals surface area (Å²) in [4.78, 5) is 0. The van der Waals surface area contributed by atoms with Crippen molar-refractivity contribution in [3.05, 3.63) is 0 Å². The molecular weight excluding hydrogens is 174 g/mol. The molecule has 1 atom stereocenters. The van der Waals surface area contributed by atoms with Crippen molar-refractivity contribution in [3.8, 4) is 0 Å². The molecule has 7 heteroatoms. The molecule has 0 saturated carbocycles. The van der Waals surface area contributed by atoms with Gasteiger partial charge >= 0.3 is 18.9 Å². The van der Waals surface area contributed by atoms with Gasteiger partial charge in [-0.2, -0.15) is 0 Å². The largest absolute Gasteiger partial charge is 1.00 e. The Balaban J connectivity index is 0. The van der Waals surface area contributed by atoms with Crippen molar-refractivity contribution in [1.29, 1.82) is 0 Å². The smallest absolute Gasteiger partial charge is 0.748 e. The van der Waals surface area contributed by atoms with Gasteiger partial charge in [0.05, 0.1) is 22.0 Å². The van der Waals surface area contributed by atoms with Gasteiger partial charge in [-0.3, -0.25) is 0 Å². The van der Waals surface area contributed by atoms with E-state index in [0.717, 1.165) is 0 Å². The fourth-order valence-electron chi connectivity index (χ4n) is 0.280. The third-order valence-corrected chi connectivity index (χ3v) is 1.72. The van der Waals surface area contributed by atoms with E-state index in [1.54, 1.807) is 0 Å². The Labute approximate surface area is 76.5 Å². The van der Waals surface area contributed by atoms with Gasteiger partial charge in [0.2, 0.25) is 0 Å². The zero-order valence-corrected chi connectivity index (χ0v) is 7.02. The minimum atomic E-state index is -4.32. The predicted molar refractivity (Wildman–Crippen MR) is 31.3 cm³/mol. The second kappa shape index (κ2) is 5.41. The molecular formula is C3H6ClLiO4S. The van der Waals surface area contributed by atoms with Gasteiger partial charge < -0.3 is 9.66 Å². The summed E-state index contributed by atoms with van der Waals surface area (Å²) in [5.74, 6) is -1.04. The Morgan fingerprint density at radius 1 is 1.60 bits per heavy atom. The molecule has 0 rings (SSSR count). The van der Waals surface area contributed by atoms with Gasteiger partial charge in [-0.05, 0) is 0 Å². The van der Waals surface area contributed by atoms with Gasteiger partial charge in [0, 0.05) is 5.88 Å². The Morgan fingerprint density at radius 2 is 2.00 bits per heavy atom. The summed E-state index contributed by atoms with van der Waals surface area (Å²) in [5.41, 5.74) is 0. The van der Waals surface area contributed by atoms with E-state index in [9.17, 15) is 13.0 Å². The van der Waals surface area contributed by atoms with Crippen LogP contribution in [0.2, 0.25) is 0 Å². The second-order valence-corrected chi connectivity index (χ2v) is 3.29. The first-order valence-corrected chi connectivity index (χ1v) is 4.24. The van der Waals surface area contributed by atoms with Crippen LogP contribution in [0.3, 0.4) is 0 Å². The summed E-state index contributed by atoms with van der Waals surface area (Å²) in [6, 6.07) is 0. The summed E-state index contributed by atoms with van der Waals surface area (Å²) in [6.07, 6.45) is -1.24. The minimum absolute atomic E-state index is 0. The summed E-state index contributed by atoms with van der Waals surface area (Å²) < 4.78 is 29.5. The van der Waals surface area contributed by atoms with Crippen LogP contribution in [-0.2, 0) is 10.1 Å². The molecule has 10 heavy (non-hydrogen) atoms. The quantitative estimate of drug-likeness (QED) is 0.274. The Hall–Kier alpha value is 0.757. The number of hydrogen-bond donors (Lipinski definition) is 1. The molecule has 4 nitrogen and oxygen atoms in total. The summed E-state index contributed by atoms with van der Waals surface area (Å²) in [6.45, 7) is 0. The molecule has 0 aliphatic heterocycles. The molecule has 0 aromatic rings. The van der Waals surface area contributed by atoms with Crippen LogP contribution in [0.25, 0.3) is 0 Å². The van der Waals surface area contributed by atoms with Gasteiger partial charge in [0.1, 0.15) is 0 Å². The van der Waals surface area contributed by atoms with E-state index in [-0.39, 0.29) is 24.7 Å². The van der Waals surface area contributed by atoms with E-state index in [1.807, 2.05) is 0 Å². The second-order valence-electron chi connectivity index (χ2n) is 1.53.